The van der Waals surface area contributed by atoms with Crippen molar-refractivity contribution in [1.29, 1.82) is 5.26 Å². The van der Waals surface area contributed by atoms with E-state index in [1.165, 1.54) is 0 Å². The first-order valence-corrected chi connectivity index (χ1v) is 12.1. The van der Waals surface area contributed by atoms with E-state index in [4.69, 9.17) is 9.16 Å². The molecule has 0 saturated heterocycles. The summed E-state index contributed by atoms with van der Waals surface area (Å²) in [6, 6.07) is 12.2. The Morgan fingerprint density at radius 3 is 2.33 bits per heavy atom. The summed E-state index contributed by atoms with van der Waals surface area (Å²) in [5.41, 5.74) is 3.55. The molecular weight excluding hydrogens is 354 g/mol. The van der Waals surface area contributed by atoms with Gasteiger partial charge in [-0.2, -0.15) is 5.26 Å². The predicted octanol–water partition coefficient (Wildman–Crippen LogP) is 5.44. The third-order valence-corrected chi connectivity index (χ3v) is 9.67. The van der Waals surface area contributed by atoms with E-state index in [-0.39, 0.29) is 5.04 Å². The van der Waals surface area contributed by atoms with E-state index < -0.39 is 8.32 Å². The Morgan fingerprint density at radius 1 is 1.19 bits per heavy atom. The van der Waals surface area contributed by atoms with Crippen LogP contribution < -0.4 is 9.74 Å². The van der Waals surface area contributed by atoms with Crippen LogP contribution in [0, 0.1) is 18.3 Å². The third-order valence-electron chi connectivity index (χ3n) is 5.31. The minimum atomic E-state index is -1.84. The van der Waals surface area contributed by atoms with Crippen LogP contribution in [-0.4, -0.2) is 26.6 Å². The fraction of sp³-hybridized carbons (Fsp3) is 0.476. The molecule has 0 atom stereocenters. The second kappa shape index (κ2) is 8.20. The van der Waals surface area contributed by atoms with Gasteiger partial charge in [-0.3, -0.25) is 0 Å². The lowest BCUT2D eigenvalue weighted by atomic mass is 10.2. The molecule has 6 heteroatoms. The van der Waals surface area contributed by atoms with Crippen LogP contribution in [-0.2, 0) is 11.3 Å². The second-order valence-electron chi connectivity index (χ2n) is 8.30. The van der Waals surface area contributed by atoms with E-state index in [0.29, 0.717) is 18.8 Å². The van der Waals surface area contributed by atoms with Crippen LogP contribution in [0.5, 0.6) is 5.75 Å². The van der Waals surface area contributed by atoms with Crippen molar-refractivity contribution >= 4 is 19.7 Å². The molecule has 0 aliphatic rings. The Hall–Kier alpha value is -2.23. The van der Waals surface area contributed by atoms with Crippen LogP contribution in [0.15, 0.2) is 30.3 Å². The van der Waals surface area contributed by atoms with Crippen molar-refractivity contribution in [3.8, 4) is 11.8 Å². The van der Waals surface area contributed by atoms with Crippen LogP contribution in [0.2, 0.25) is 18.1 Å². The van der Waals surface area contributed by atoms with Crippen molar-refractivity contribution in [2.24, 2.45) is 0 Å². The van der Waals surface area contributed by atoms with Gasteiger partial charge in [0.25, 0.3) is 0 Å². The molecule has 27 heavy (non-hydrogen) atoms. The maximum absolute atomic E-state index is 9.38. The molecule has 0 aliphatic carbocycles. The van der Waals surface area contributed by atoms with Crippen LogP contribution in [0.4, 0.5) is 11.4 Å². The molecule has 0 unspecified atom stereocenters. The first kappa shape index (κ1) is 21.1. The summed E-state index contributed by atoms with van der Waals surface area (Å²) in [4.78, 5) is 0. The van der Waals surface area contributed by atoms with Crippen molar-refractivity contribution in [3.05, 3.63) is 41.7 Å². The number of ether oxygens (including phenoxy) is 1. The van der Waals surface area contributed by atoms with Gasteiger partial charge in [-0.15, -0.1) is 0 Å². The highest BCUT2D eigenvalue weighted by molar-refractivity contribution is 6.74. The first-order chi connectivity index (χ1) is 12.6. The number of hydrogen-bond donors (Lipinski definition) is 1. The molecule has 5 nitrogen and oxygen atoms in total. The molecule has 1 N–H and O–H groups in total. The van der Waals surface area contributed by atoms with E-state index >= 15 is 0 Å². The summed E-state index contributed by atoms with van der Waals surface area (Å²) < 4.78 is 13.4. The molecule has 0 aliphatic heterocycles. The van der Waals surface area contributed by atoms with Crippen molar-refractivity contribution in [1.82, 2.24) is 4.57 Å². The fourth-order valence-electron chi connectivity index (χ4n) is 2.54. The number of nitriles is 1. The molecule has 0 radical (unpaired) electrons. The number of aromatic nitrogens is 1. The average Bonchev–Trinajstić information content (AvgIpc) is 2.89. The predicted molar refractivity (Wildman–Crippen MR) is 113 cm³/mol. The molecule has 146 valence electrons. The maximum Gasteiger partial charge on any atom is 0.250 e. The van der Waals surface area contributed by atoms with Gasteiger partial charge in [0.05, 0.1) is 12.3 Å². The monoisotopic (exact) mass is 385 g/mol. The number of hydrogen-bond acceptors (Lipinski definition) is 4. The van der Waals surface area contributed by atoms with Gasteiger partial charge in [-0.1, -0.05) is 20.8 Å². The van der Waals surface area contributed by atoms with E-state index in [9.17, 15) is 5.26 Å². The molecule has 0 amide bonds. The zero-order chi connectivity index (χ0) is 20.2. The highest BCUT2D eigenvalue weighted by atomic mass is 28.4. The minimum absolute atomic E-state index is 0.167. The number of benzene rings is 1. The Labute approximate surface area is 164 Å². The average molecular weight is 386 g/mol. The molecule has 0 spiro atoms. The summed E-state index contributed by atoms with van der Waals surface area (Å²) >= 11 is 0. The highest BCUT2D eigenvalue weighted by Gasteiger charge is 2.38. The summed E-state index contributed by atoms with van der Waals surface area (Å²) in [6.07, 6.45) is 0. The molecule has 2 aromatic rings. The van der Waals surface area contributed by atoms with Gasteiger partial charge in [0.1, 0.15) is 17.5 Å². The normalized spacial score (nSPS) is 11.9. The maximum atomic E-state index is 9.38. The fourth-order valence-corrected chi connectivity index (χ4v) is 3.58. The van der Waals surface area contributed by atoms with Crippen molar-refractivity contribution < 1.29 is 9.16 Å². The molecule has 1 heterocycles. The van der Waals surface area contributed by atoms with Crippen molar-refractivity contribution in [2.45, 2.75) is 52.4 Å². The number of rotatable bonds is 7. The summed E-state index contributed by atoms with van der Waals surface area (Å²) in [5, 5.41) is 13.0. The van der Waals surface area contributed by atoms with Gasteiger partial charge in [0, 0.05) is 25.0 Å². The smallest absolute Gasteiger partial charge is 0.250 e. The zero-order valence-corrected chi connectivity index (χ0v) is 18.5. The quantitative estimate of drug-likeness (QED) is 0.645. The molecule has 2 rings (SSSR count). The SMILES string of the molecule is COCCn1c(C#N)cc(Nc2ccc(O[Si](C)(C)C(C)(C)C)cc2)c1C. The van der Waals surface area contributed by atoms with Gasteiger partial charge in [-0.05, 0) is 55.4 Å². The molecule has 0 bridgehead atoms. The minimum Gasteiger partial charge on any atom is -0.544 e. The number of nitrogens with zero attached hydrogens (tertiary/aromatic N) is 2. The van der Waals surface area contributed by atoms with Gasteiger partial charge in [-0.25, -0.2) is 0 Å². The highest BCUT2D eigenvalue weighted by Crippen LogP contribution is 2.37. The van der Waals surface area contributed by atoms with Crippen molar-refractivity contribution in [2.75, 3.05) is 19.0 Å². The van der Waals surface area contributed by atoms with E-state index in [1.807, 2.05) is 41.8 Å². The largest absolute Gasteiger partial charge is 0.544 e. The molecule has 1 aromatic carbocycles. The molecule has 0 fully saturated rings. The van der Waals surface area contributed by atoms with Crippen LogP contribution >= 0.6 is 0 Å². The first-order valence-electron chi connectivity index (χ1n) is 9.24. The number of methoxy groups -OCH3 is 1. The topological polar surface area (TPSA) is 59.2 Å². The molecule has 0 saturated carbocycles. The van der Waals surface area contributed by atoms with Gasteiger partial charge in [0.2, 0.25) is 8.32 Å². The Balaban J connectivity index is 2.16. The summed E-state index contributed by atoms with van der Waals surface area (Å²) in [5.74, 6) is 0.902. The standard InChI is InChI=1S/C21H31N3O2Si/c1-16-20(14-18(15-22)24(16)12-13-25-5)23-17-8-10-19(11-9-17)26-27(6,7)21(2,3)4/h8-11,14,23H,12-13H2,1-7H3. The van der Waals surface area contributed by atoms with Crippen molar-refractivity contribution in [3.63, 3.8) is 0 Å². The summed E-state index contributed by atoms with van der Waals surface area (Å²) in [7, 11) is -0.176. The molecule has 1 aromatic heterocycles. The van der Waals surface area contributed by atoms with Gasteiger partial charge in [0.15, 0.2) is 0 Å². The summed E-state index contributed by atoms with van der Waals surface area (Å²) in [6.45, 7) is 14.4. The van der Waals surface area contributed by atoms with Crippen LogP contribution in [0.25, 0.3) is 0 Å². The Morgan fingerprint density at radius 2 is 1.81 bits per heavy atom. The second-order valence-corrected chi connectivity index (χ2v) is 13.0. The lowest BCUT2D eigenvalue weighted by Crippen LogP contribution is -2.43. The Kier molecular flexibility index (Phi) is 6.40. The number of nitrogens with one attached hydrogen (secondary N) is 1. The number of anilines is 2. The van der Waals surface area contributed by atoms with E-state index in [1.54, 1.807) is 7.11 Å². The van der Waals surface area contributed by atoms with Crippen LogP contribution in [0.1, 0.15) is 32.2 Å². The Bertz CT molecular complexity index is 812. The van der Waals surface area contributed by atoms with E-state index in [0.717, 1.165) is 22.8 Å². The van der Waals surface area contributed by atoms with Gasteiger partial charge >= 0.3 is 0 Å². The zero-order valence-electron chi connectivity index (χ0n) is 17.5. The van der Waals surface area contributed by atoms with Gasteiger partial charge < -0.3 is 19.0 Å². The van der Waals surface area contributed by atoms with Crippen LogP contribution in [0.3, 0.4) is 0 Å². The molecular formula is C21H31N3O2Si. The lowest BCUT2D eigenvalue weighted by molar-refractivity contribution is 0.186. The third kappa shape index (κ3) is 4.94. The lowest BCUT2D eigenvalue weighted by Gasteiger charge is -2.36. The van der Waals surface area contributed by atoms with E-state index in [2.05, 4.69) is 45.3 Å².